The highest BCUT2D eigenvalue weighted by atomic mass is 35.5. The molecule has 0 aliphatic rings. The largest absolute Gasteiger partial charge is 0.337 e. The number of nitrogens with zero attached hydrogens (tertiary/aromatic N) is 1. The van der Waals surface area contributed by atoms with Crippen molar-refractivity contribution >= 4 is 17.5 Å². The van der Waals surface area contributed by atoms with Gasteiger partial charge >= 0.3 is 0 Å². The van der Waals surface area contributed by atoms with Gasteiger partial charge in [-0.1, -0.05) is 13.0 Å². The van der Waals surface area contributed by atoms with E-state index >= 15 is 0 Å². The Morgan fingerprint density at radius 1 is 1.29 bits per heavy atom. The molecule has 94 valence electrons. The second kappa shape index (κ2) is 6.55. The fourth-order valence-electron chi connectivity index (χ4n) is 1.55. The Bertz CT molecular complexity index is 372. The molecule has 0 saturated heterocycles. The topological polar surface area (TPSA) is 20.3 Å². The number of hydrogen-bond acceptors (Lipinski definition) is 1. The van der Waals surface area contributed by atoms with Crippen LogP contribution in [-0.2, 0) is 0 Å². The Kier molecular flexibility index (Phi) is 5.35. The number of rotatable bonds is 5. The van der Waals surface area contributed by atoms with E-state index in [1.165, 1.54) is 11.0 Å². The molecule has 1 aromatic carbocycles. The van der Waals surface area contributed by atoms with Gasteiger partial charge < -0.3 is 4.90 Å². The summed E-state index contributed by atoms with van der Waals surface area (Å²) < 4.78 is 26.8. The number of hydrogen-bond donors (Lipinski definition) is 0. The van der Waals surface area contributed by atoms with Gasteiger partial charge in [0.25, 0.3) is 5.91 Å². The van der Waals surface area contributed by atoms with E-state index in [0.717, 1.165) is 12.1 Å². The molecule has 0 heterocycles. The predicted octanol–water partition coefficient (Wildman–Crippen LogP) is 3.06. The molecule has 1 aromatic rings. The molecule has 0 unspecified atom stereocenters. The first-order valence-corrected chi connectivity index (χ1v) is 5.94. The quantitative estimate of drug-likeness (QED) is 0.746. The zero-order chi connectivity index (χ0) is 12.8. The summed E-state index contributed by atoms with van der Waals surface area (Å²) in [7, 11) is 0. The molecule has 0 spiro atoms. The number of amides is 1. The highest BCUT2D eigenvalue weighted by Gasteiger charge is 2.21. The highest BCUT2D eigenvalue weighted by molar-refractivity contribution is 6.18. The summed E-state index contributed by atoms with van der Waals surface area (Å²) in [6, 6.07) is 3.37. The molecule has 0 fully saturated rings. The van der Waals surface area contributed by atoms with Crippen molar-refractivity contribution in [2.75, 3.05) is 19.0 Å². The van der Waals surface area contributed by atoms with Crippen LogP contribution in [0.5, 0.6) is 0 Å². The van der Waals surface area contributed by atoms with Gasteiger partial charge in [-0.05, 0) is 18.6 Å². The molecular formula is C12H14ClF2NO. The Morgan fingerprint density at radius 3 is 2.35 bits per heavy atom. The number of carbonyl (C=O) groups is 1. The summed E-state index contributed by atoms with van der Waals surface area (Å²) in [5, 5.41) is 0. The van der Waals surface area contributed by atoms with Crippen LogP contribution in [0, 0.1) is 11.6 Å². The van der Waals surface area contributed by atoms with Crippen LogP contribution in [0.4, 0.5) is 8.78 Å². The first-order valence-electron chi connectivity index (χ1n) is 5.41. The van der Waals surface area contributed by atoms with Crippen molar-refractivity contribution in [3.8, 4) is 0 Å². The molecule has 0 aliphatic heterocycles. The maximum Gasteiger partial charge on any atom is 0.259 e. The van der Waals surface area contributed by atoms with Gasteiger partial charge in [-0.15, -0.1) is 11.6 Å². The van der Waals surface area contributed by atoms with Crippen LogP contribution < -0.4 is 0 Å². The van der Waals surface area contributed by atoms with E-state index < -0.39 is 23.1 Å². The molecule has 0 aromatic heterocycles. The Balaban J connectivity index is 3.00. The minimum absolute atomic E-state index is 0.238. The number of benzene rings is 1. The van der Waals surface area contributed by atoms with E-state index in [-0.39, 0.29) is 12.4 Å². The van der Waals surface area contributed by atoms with Crippen LogP contribution in [0.15, 0.2) is 18.2 Å². The average Bonchev–Trinajstić information content (AvgIpc) is 2.28. The standard InChI is InChI=1S/C12H14ClF2NO/c1-2-7-16(8-6-13)12(17)11-9(14)4-3-5-10(11)15/h3-5H,2,6-8H2,1H3. The lowest BCUT2D eigenvalue weighted by Gasteiger charge is -2.21. The van der Waals surface area contributed by atoms with Crippen LogP contribution in [-0.4, -0.2) is 29.8 Å². The molecule has 2 nitrogen and oxygen atoms in total. The summed E-state index contributed by atoms with van der Waals surface area (Å²) in [5.74, 6) is -2.10. The molecule has 17 heavy (non-hydrogen) atoms. The maximum absolute atomic E-state index is 13.4. The minimum atomic E-state index is -0.842. The third-order valence-corrected chi connectivity index (χ3v) is 2.48. The van der Waals surface area contributed by atoms with Crippen molar-refractivity contribution in [1.29, 1.82) is 0 Å². The normalized spacial score (nSPS) is 10.4. The smallest absolute Gasteiger partial charge is 0.259 e. The van der Waals surface area contributed by atoms with Crippen LogP contribution in [0.1, 0.15) is 23.7 Å². The van der Waals surface area contributed by atoms with Gasteiger partial charge in [0.05, 0.1) is 0 Å². The van der Waals surface area contributed by atoms with Gasteiger partial charge in [-0.2, -0.15) is 0 Å². The third kappa shape index (κ3) is 3.40. The summed E-state index contributed by atoms with van der Waals surface area (Å²) in [5.41, 5.74) is -0.508. The fourth-order valence-corrected chi connectivity index (χ4v) is 1.75. The minimum Gasteiger partial charge on any atom is -0.337 e. The van der Waals surface area contributed by atoms with E-state index in [1.54, 1.807) is 0 Å². The van der Waals surface area contributed by atoms with Crippen molar-refractivity contribution in [1.82, 2.24) is 4.90 Å². The summed E-state index contributed by atoms with van der Waals surface area (Å²) in [4.78, 5) is 13.3. The molecule has 0 N–H and O–H groups in total. The van der Waals surface area contributed by atoms with Gasteiger partial charge in [-0.25, -0.2) is 8.78 Å². The molecule has 0 radical (unpaired) electrons. The van der Waals surface area contributed by atoms with E-state index in [9.17, 15) is 13.6 Å². The van der Waals surface area contributed by atoms with E-state index in [0.29, 0.717) is 13.0 Å². The molecule has 1 rings (SSSR count). The van der Waals surface area contributed by atoms with E-state index in [2.05, 4.69) is 0 Å². The molecule has 5 heteroatoms. The molecule has 0 aliphatic carbocycles. The highest BCUT2D eigenvalue weighted by Crippen LogP contribution is 2.15. The predicted molar refractivity (Wildman–Crippen MR) is 63.3 cm³/mol. The van der Waals surface area contributed by atoms with Gasteiger partial charge in [0, 0.05) is 19.0 Å². The lowest BCUT2D eigenvalue weighted by atomic mass is 10.1. The van der Waals surface area contributed by atoms with Crippen molar-refractivity contribution in [2.24, 2.45) is 0 Å². The Morgan fingerprint density at radius 2 is 1.88 bits per heavy atom. The SMILES string of the molecule is CCCN(CCCl)C(=O)c1c(F)cccc1F. The number of halogens is 3. The van der Waals surface area contributed by atoms with Crippen molar-refractivity contribution in [3.63, 3.8) is 0 Å². The van der Waals surface area contributed by atoms with Gasteiger partial charge in [-0.3, -0.25) is 4.79 Å². The first-order chi connectivity index (χ1) is 8.11. The molecule has 0 atom stereocenters. The Labute approximate surface area is 104 Å². The maximum atomic E-state index is 13.4. The summed E-state index contributed by atoms with van der Waals surface area (Å²) >= 11 is 5.56. The summed E-state index contributed by atoms with van der Waals surface area (Å²) in [6.07, 6.45) is 0.707. The van der Waals surface area contributed by atoms with Crippen LogP contribution in [0.2, 0.25) is 0 Å². The second-order valence-electron chi connectivity index (χ2n) is 3.58. The van der Waals surface area contributed by atoms with Gasteiger partial charge in [0.15, 0.2) is 0 Å². The van der Waals surface area contributed by atoms with Crippen LogP contribution in [0.3, 0.4) is 0 Å². The summed E-state index contributed by atoms with van der Waals surface area (Å²) in [6.45, 7) is 2.59. The number of carbonyl (C=O) groups excluding carboxylic acids is 1. The van der Waals surface area contributed by atoms with Gasteiger partial charge in [0.1, 0.15) is 17.2 Å². The average molecular weight is 262 g/mol. The Hall–Kier alpha value is -1.16. The van der Waals surface area contributed by atoms with Crippen LogP contribution in [0.25, 0.3) is 0 Å². The van der Waals surface area contributed by atoms with Crippen molar-refractivity contribution in [3.05, 3.63) is 35.4 Å². The van der Waals surface area contributed by atoms with Gasteiger partial charge in [0.2, 0.25) is 0 Å². The van der Waals surface area contributed by atoms with E-state index in [4.69, 9.17) is 11.6 Å². The zero-order valence-corrected chi connectivity index (χ0v) is 10.3. The first kappa shape index (κ1) is 13.9. The van der Waals surface area contributed by atoms with Crippen molar-refractivity contribution < 1.29 is 13.6 Å². The molecule has 0 saturated carbocycles. The molecule has 0 bridgehead atoms. The van der Waals surface area contributed by atoms with E-state index in [1.807, 2.05) is 6.92 Å². The van der Waals surface area contributed by atoms with Crippen LogP contribution >= 0.6 is 11.6 Å². The lowest BCUT2D eigenvalue weighted by Crippen LogP contribution is -2.34. The third-order valence-electron chi connectivity index (χ3n) is 2.31. The monoisotopic (exact) mass is 261 g/mol. The number of alkyl halides is 1. The van der Waals surface area contributed by atoms with Crippen molar-refractivity contribution in [2.45, 2.75) is 13.3 Å². The second-order valence-corrected chi connectivity index (χ2v) is 3.96. The molecular weight excluding hydrogens is 248 g/mol. The zero-order valence-electron chi connectivity index (χ0n) is 9.55. The lowest BCUT2D eigenvalue weighted by molar-refractivity contribution is 0.0755. The fraction of sp³-hybridized carbons (Fsp3) is 0.417. The molecule has 1 amide bonds.